The molecule has 4 heteroatoms. The van der Waals surface area contributed by atoms with Crippen molar-refractivity contribution in [1.29, 1.82) is 5.26 Å². The largest absolute Gasteiger partial charge is 0.337 e. The fourth-order valence-electron chi connectivity index (χ4n) is 1.42. The first-order valence-electron chi connectivity index (χ1n) is 4.53. The van der Waals surface area contributed by atoms with E-state index in [9.17, 15) is 0 Å². The smallest absolute Gasteiger partial charge is 0.207 e. The summed E-state index contributed by atoms with van der Waals surface area (Å²) in [6.07, 6.45) is 2.98. The van der Waals surface area contributed by atoms with Crippen molar-refractivity contribution in [3.63, 3.8) is 0 Å². The molecule has 1 aliphatic rings. The first-order chi connectivity index (χ1) is 6.05. The molecular weight excluding hydrogens is 164 g/mol. The van der Waals surface area contributed by atoms with Crippen LogP contribution in [0.5, 0.6) is 0 Å². The van der Waals surface area contributed by atoms with Crippen molar-refractivity contribution in [2.24, 2.45) is 4.99 Å². The van der Waals surface area contributed by atoms with E-state index >= 15 is 0 Å². The predicted octanol–water partition coefficient (Wildman–Crippen LogP) is 0.917. The van der Waals surface area contributed by atoms with Gasteiger partial charge in [-0.2, -0.15) is 5.26 Å². The highest BCUT2D eigenvalue weighted by Crippen LogP contribution is 2.16. The van der Waals surface area contributed by atoms with Gasteiger partial charge in [0.2, 0.25) is 5.96 Å². The first-order valence-corrected chi connectivity index (χ1v) is 4.53. The zero-order chi connectivity index (χ0) is 9.90. The second-order valence-electron chi connectivity index (χ2n) is 4.12. The summed E-state index contributed by atoms with van der Waals surface area (Å²) in [6, 6.07) is 0. The van der Waals surface area contributed by atoms with Crippen molar-refractivity contribution in [2.75, 3.05) is 13.1 Å². The molecule has 0 aromatic carbocycles. The third kappa shape index (κ3) is 2.35. The second-order valence-corrected chi connectivity index (χ2v) is 4.12. The Labute approximate surface area is 79.3 Å². The predicted molar refractivity (Wildman–Crippen MR) is 52.1 cm³/mol. The topological polar surface area (TPSA) is 51.4 Å². The van der Waals surface area contributed by atoms with Crippen LogP contribution in [-0.2, 0) is 0 Å². The minimum Gasteiger partial charge on any atom is -0.337 e. The van der Waals surface area contributed by atoms with E-state index in [1.165, 1.54) is 0 Å². The van der Waals surface area contributed by atoms with Gasteiger partial charge in [-0.25, -0.2) is 0 Å². The van der Waals surface area contributed by atoms with E-state index in [4.69, 9.17) is 5.26 Å². The van der Waals surface area contributed by atoms with Crippen LogP contribution in [0, 0.1) is 11.5 Å². The zero-order valence-corrected chi connectivity index (χ0v) is 8.46. The van der Waals surface area contributed by atoms with Crippen LogP contribution in [0.3, 0.4) is 0 Å². The van der Waals surface area contributed by atoms with Crippen LogP contribution < -0.4 is 5.32 Å². The maximum atomic E-state index is 8.53. The van der Waals surface area contributed by atoms with Gasteiger partial charge >= 0.3 is 0 Å². The van der Waals surface area contributed by atoms with Gasteiger partial charge in [-0.3, -0.25) is 10.3 Å². The highest BCUT2D eigenvalue weighted by molar-refractivity contribution is 5.82. The Balaban J connectivity index is 2.78. The molecule has 0 bridgehead atoms. The fourth-order valence-corrected chi connectivity index (χ4v) is 1.42. The van der Waals surface area contributed by atoms with Crippen LogP contribution in [0.2, 0.25) is 0 Å². The normalized spacial score (nSPS) is 17.7. The number of hydrogen-bond acceptors (Lipinski definition) is 4. The van der Waals surface area contributed by atoms with Gasteiger partial charge in [0, 0.05) is 18.6 Å². The van der Waals surface area contributed by atoms with E-state index in [-0.39, 0.29) is 5.54 Å². The Kier molecular flexibility index (Phi) is 2.76. The highest BCUT2D eigenvalue weighted by Gasteiger charge is 2.26. The molecule has 0 aliphatic carbocycles. The molecular formula is C9H16N4. The van der Waals surface area contributed by atoms with Crippen LogP contribution in [0.1, 0.15) is 27.2 Å². The maximum Gasteiger partial charge on any atom is 0.207 e. The van der Waals surface area contributed by atoms with Gasteiger partial charge < -0.3 is 4.90 Å². The summed E-state index contributed by atoms with van der Waals surface area (Å²) in [5.41, 5.74) is 0.0309. The molecule has 0 fully saturated rings. The Morgan fingerprint density at radius 2 is 2.23 bits per heavy atom. The third-order valence-electron chi connectivity index (χ3n) is 2.03. The van der Waals surface area contributed by atoms with Crippen LogP contribution in [-0.4, -0.2) is 29.5 Å². The molecule has 72 valence electrons. The number of hydrogen-bond donors (Lipinski definition) is 1. The molecule has 0 radical (unpaired) electrons. The van der Waals surface area contributed by atoms with E-state index in [1.54, 1.807) is 0 Å². The highest BCUT2D eigenvalue weighted by atomic mass is 15.3. The molecule has 1 rings (SSSR count). The average molecular weight is 180 g/mol. The molecule has 0 saturated heterocycles. The molecule has 0 aromatic heterocycles. The standard InChI is InChI=1S/C9H16N4/c1-9(2,3)13-6-4-5-11-8(13)12-7-10/h4-6H2,1-3H3,(H,11,12). The van der Waals surface area contributed by atoms with Gasteiger partial charge in [-0.1, -0.05) is 0 Å². The molecule has 0 amide bonds. The van der Waals surface area contributed by atoms with Gasteiger partial charge in [0.15, 0.2) is 6.19 Å². The minimum absolute atomic E-state index is 0.0309. The molecule has 1 heterocycles. The van der Waals surface area contributed by atoms with Gasteiger partial charge in [-0.05, 0) is 27.2 Å². The van der Waals surface area contributed by atoms with Crippen molar-refractivity contribution in [1.82, 2.24) is 10.2 Å². The quantitative estimate of drug-likeness (QED) is 0.445. The van der Waals surface area contributed by atoms with Crippen molar-refractivity contribution >= 4 is 5.96 Å². The average Bonchev–Trinajstić information content (AvgIpc) is 2.04. The molecule has 0 unspecified atom stereocenters. The van der Waals surface area contributed by atoms with Crippen LogP contribution in [0.4, 0.5) is 0 Å². The Hall–Kier alpha value is -1.24. The summed E-state index contributed by atoms with van der Waals surface area (Å²) in [7, 11) is 0. The van der Waals surface area contributed by atoms with Crippen LogP contribution in [0.15, 0.2) is 4.99 Å². The lowest BCUT2D eigenvalue weighted by Crippen LogP contribution is -2.52. The summed E-state index contributed by atoms with van der Waals surface area (Å²) in [4.78, 5) is 6.40. The number of guanidine groups is 1. The minimum atomic E-state index is 0.0309. The Morgan fingerprint density at radius 1 is 1.54 bits per heavy atom. The SMILES string of the molecule is CC(C)(C)N1CCCN=C1NC#N. The summed E-state index contributed by atoms with van der Waals surface area (Å²) in [6.45, 7) is 8.14. The van der Waals surface area contributed by atoms with Gasteiger partial charge in [-0.15, -0.1) is 0 Å². The zero-order valence-electron chi connectivity index (χ0n) is 8.46. The van der Waals surface area contributed by atoms with E-state index in [0.717, 1.165) is 19.5 Å². The Morgan fingerprint density at radius 3 is 2.77 bits per heavy atom. The molecule has 0 saturated carbocycles. The molecule has 13 heavy (non-hydrogen) atoms. The second kappa shape index (κ2) is 3.65. The van der Waals surface area contributed by atoms with Crippen molar-refractivity contribution in [2.45, 2.75) is 32.7 Å². The van der Waals surface area contributed by atoms with Gasteiger partial charge in [0.1, 0.15) is 0 Å². The van der Waals surface area contributed by atoms with Crippen LogP contribution in [0.25, 0.3) is 0 Å². The first kappa shape index (κ1) is 9.85. The third-order valence-corrected chi connectivity index (χ3v) is 2.03. The molecule has 0 spiro atoms. The number of nitrogens with one attached hydrogen (secondary N) is 1. The summed E-state index contributed by atoms with van der Waals surface area (Å²) < 4.78 is 0. The van der Waals surface area contributed by atoms with Crippen molar-refractivity contribution in [3.8, 4) is 6.19 Å². The molecule has 4 nitrogen and oxygen atoms in total. The fraction of sp³-hybridized carbons (Fsp3) is 0.778. The summed E-state index contributed by atoms with van der Waals surface area (Å²) >= 11 is 0. The summed E-state index contributed by atoms with van der Waals surface area (Å²) in [5.74, 6) is 0.709. The maximum absolute atomic E-state index is 8.53. The Bertz CT molecular complexity index is 243. The van der Waals surface area contributed by atoms with Crippen molar-refractivity contribution in [3.05, 3.63) is 0 Å². The van der Waals surface area contributed by atoms with Gasteiger partial charge in [0.25, 0.3) is 0 Å². The van der Waals surface area contributed by atoms with Crippen LogP contribution >= 0.6 is 0 Å². The molecule has 1 aliphatic heterocycles. The number of aliphatic imine (C=N–C) groups is 1. The lowest BCUT2D eigenvalue weighted by Gasteiger charge is -2.39. The van der Waals surface area contributed by atoms with E-state index in [0.29, 0.717) is 5.96 Å². The number of nitrogens with zero attached hydrogens (tertiary/aromatic N) is 3. The molecule has 0 atom stereocenters. The lowest BCUT2D eigenvalue weighted by atomic mass is 10.1. The number of nitriles is 1. The molecule has 0 aromatic rings. The van der Waals surface area contributed by atoms with Crippen molar-refractivity contribution < 1.29 is 0 Å². The van der Waals surface area contributed by atoms with E-state index < -0.39 is 0 Å². The van der Waals surface area contributed by atoms with E-state index in [1.807, 2.05) is 6.19 Å². The molecule has 1 N–H and O–H groups in total. The lowest BCUT2D eigenvalue weighted by molar-refractivity contribution is 0.221. The monoisotopic (exact) mass is 180 g/mol. The van der Waals surface area contributed by atoms with Gasteiger partial charge in [0.05, 0.1) is 0 Å². The van der Waals surface area contributed by atoms with E-state index in [2.05, 4.69) is 36.0 Å². The summed E-state index contributed by atoms with van der Waals surface area (Å²) in [5, 5.41) is 11.2. The number of rotatable bonds is 0.